The predicted molar refractivity (Wildman–Crippen MR) is 77.6 cm³/mol. The van der Waals surface area contributed by atoms with E-state index in [9.17, 15) is 9.59 Å². The molecule has 0 spiro atoms. The van der Waals surface area contributed by atoms with Crippen LogP contribution in [0.5, 0.6) is 5.75 Å². The van der Waals surface area contributed by atoms with Crippen molar-refractivity contribution >= 4 is 22.9 Å². The molecule has 2 heterocycles. The number of Topliss-reactive ketones (excluding diaryl/α,β-unsaturated/α-hetero) is 2. The van der Waals surface area contributed by atoms with Gasteiger partial charge in [0.15, 0.2) is 11.6 Å². The largest absolute Gasteiger partial charge is 0.488 e. The molecule has 0 saturated carbocycles. The minimum Gasteiger partial charge on any atom is -0.488 e. The lowest BCUT2D eigenvalue weighted by Crippen LogP contribution is -2.42. The topological polar surface area (TPSA) is 43.4 Å². The summed E-state index contributed by atoms with van der Waals surface area (Å²) in [5.41, 5.74) is 0.507. The number of rotatable bonds is 3. The number of hydrogen-bond acceptors (Lipinski definition) is 4. The molecule has 2 aromatic rings. The minimum atomic E-state index is -0.728. The summed E-state index contributed by atoms with van der Waals surface area (Å²) in [4.78, 5) is 25.8. The Hall–Kier alpha value is -1.94. The van der Waals surface area contributed by atoms with Gasteiger partial charge >= 0.3 is 0 Å². The van der Waals surface area contributed by atoms with Gasteiger partial charge < -0.3 is 4.74 Å². The van der Waals surface area contributed by atoms with E-state index in [1.165, 1.54) is 11.3 Å². The number of benzene rings is 1. The Kier molecular flexibility index (Phi) is 3.40. The third-order valence-electron chi connectivity index (χ3n) is 3.53. The molecule has 0 N–H and O–H groups in total. The Bertz CT molecular complexity index is 646. The summed E-state index contributed by atoms with van der Waals surface area (Å²) in [6.07, 6.45) is 0.244. The van der Waals surface area contributed by atoms with Crippen LogP contribution in [0.15, 0.2) is 41.8 Å². The van der Waals surface area contributed by atoms with Crippen LogP contribution < -0.4 is 4.74 Å². The molecule has 1 aliphatic heterocycles. The molecule has 0 fully saturated rings. The second-order valence-corrected chi connectivity index (χ2v) is 5.69. The quantitative estimate of drug-likeness (QED) is 0.639. The maximum atomic E-state index is 12.6. The van der Waals surface area contributed by atoms with Gasteiger partial charge in [0.05, 0.1) is 10.4 Å². The molecular formula is C16H14O3S. The minimum absolute atomic E-state index is 0.128. The number of carbonyl (C=O) groups is 2. The van der Waals surface area contributed by atoms with Gasteiger partial charge in [-0.1, -0.05) is 25.1 Å². The van der Waals surface area contributed by atoms with Crippen molar-refractivity contribution in [2.24, 2.45) is 5.92 Å². The summed E-state index contributed by atoms with van der Waals surface area (Å²) in [6, 6.07) is 10.7. The van der Waals surface area contributed by atoms with Crippen LogP contribution in [-0.4, -0.2) is 17.7 Å². The summed E-state index contributed by atoms with van der Waals surface area (Å²) in [6.45, 7) is 1.93. The van der Waals surface area contributed by atoms with Gasteiger partial charge in [-0.15, -0.1) is 11.3 Å². The van der Waals surface area contributed by atoms with Crippen LogP contribution in [0, 0.1) is 5.92 Å². The van der Waals surface area contributed by atoms with Crippen LogP contribution in [0.2, 0.25) is 0 Å². The van der Waals surface area contributed by atoms with Gasteiger partial charge in [0, 0.05) is 0 Å². The van der Waals surface area contributed by atoms with Crippen LogP contribution >= 0.6 is 11.3 Å². The van der Waals surface area contributed by atoms with E-state index in [2.05, 4.69) is 0 Å². The van der Waals surface area contributed by atoms with Gasteiger partial charge in [-0.2, -0.15) is 0 Å². The number of hydrogen-bond donors (Lipinski definition) is 0. The van der Waals surface area contributed by atoms with E-state index in [4.69, 9.17) is 4.74 Å². The van der Waals surface area contributed by atoms with Gasteiger partial charge in [0.2, 0.25) is 0 Å². The SMILES string of the molecule is CC[C@H]1Oc2ccccc2C(=O)[C@@H]1C(=O)c1cccs1. The van der Waals surface area contributed by atoms with Crippen LogP contribution in [0.25, 0.3) is 0 Å². The zero-order valence-corrected chi connectivity index (χ0v) is 11.9. The molecule has 4 heteroatoms. The number of ketones is 2. The molecule has 102 valence electrons. The lowest BCUT2D eigenvalue weighted by molar-refractivity contribution is 0.0567. The van der Waals surface area contributed by atoms with Crippen molar-refractivity contribution in [2.45, 2.75) is 19.4 Å². The molecule has 1 aromatic carbocycles. The van der Waals surface area contributed by atoms with E-state index in [0.717, 1.165) is 0 Å². The number of fused-ring (bicyclic) bond motifs is 1. The first-order chi connectivity index (χ1) is 9.72. The van der Waals surface area contributed by atoms with E-state index in [1.807, 2.05) is 24.4 Å². The monoisotopic (exact) mass is 286 g/mol. The van der Waals surface area contributed by atoms with E-state index >= 15 is 0 Å². The lowest BCUT2D eigenvalue weighted by atomic mass is 9.84. The van der Waals surface area contributed by atoms with Crippen LogP contribution in [0.3, 0.4) is 0 Å². The summed E-state index contributed by atoms with van der Waals surface area (Å²) < 4.78 is 5.85. The Labute approximate surface area is 121 Å². The summed E-state index contributed by atoms with van der Waals surface area (Å²) in [5, 5.41) is 1.84. The summed E-state index contributed by atoms with van der Waals surface area (Å²) >= 11 is 1.36. The van der Waals surface area contributed by atoms with Crippen molar-refractivity contribution in [3.63, 3.8) is 0 Å². The number of para-hydroxylation sites is 1. The lowest BCUT2D eigenvalue weighted by Gasteiger charge is -2.30. The van der Waals surface area contributed by atoms with Crippen LogP contribution in [0.1, 0.15) is 33.4 Å². The fraction of sp³-hybridized carbons (Fsp3) is 0.250. The highest BCUT2D eigenvalue weighted by molar-refractivity contribution is 7.12. The van der Waals surface area contributed by atoms with E-state index < -0.39 is 5.92 Å². The summed E-state index contributed by atoms with van der Waals surface area (Å²) in [7, 11) is 0. The zero-order valence-electron chi connectivity index (χ0n) is 11.0. The maximum Gasteiger partial charge on any atom is 0.187 e. The molecule has 3 nitrogen and oxygen atoms in total. The fourth-order valence-corrected chi connectivity index (χ4v) is 3.22. The van der Waals surface area contributed by atoms with Gasteiger partial charge in [0.25, 0.3) is 0 Å². The highest BCUT2D eigenvalue weighted by atomic mass is 32.1. The molecule has 0 bridgehead atoms. The van der Waals surface area contributed by atoms with Gasteiger partial charge in [0.1, 0.15) is 17.8 Å². The summed E-state index contributed by atoms with van der Waals surface area (Å²) in [5.74, 6) is -0.406. The molecule has 20 heavy (non-hydrogen) atoms. The fourth-order valence-electron chi connectivity index (χ4n) is 2.52. The number of ether oxygens (including phenoxy) is 1. The molecule has 0 radical (unpaired) electrons. The molecule has 0 unspecified atom stereocenters. The van der Waals surface area contributed by atoms with Crippen molar-refractivity contribution in [3.05, 3.63) is 52.2 Å². The average molecular weight is 286 g/mol. The standard InChI is InChI=1S/C16H14O3S/c1-2-11-14(16(18)13-8-5-9-20-13)15(17)10-6-3-4-7-12(10)19-11/h3-9,11,14H,2H2,1H3/t11-,14-/m1/s1. The second-order valence-electron chi connectivity index (χ2n) is 4.74. The first-order valence-corrected chi connectivity index (χ1v) is 7.48. The van der Waals surface area contributed by atoms with Gasteiger partial charge in [-0.3, -0.25) is 9.59 Å². The predicted octanol–water partition coefficient (Wildman–Crippen LogP) is 3.60. The first kappa shape index (κ1) is 13.1. The van der Waals surface area contributed by atoms with Crippen molar-refractivity contribution in [1.29, 1.82) is 0 Å². The smallest absolute Gasteiger partial charge is 0.187 e. The Morgan fingerprint density at radius 3 is 2.75 bits per heavy atom. The van der Waals surface area contributed by atoms with E-state index in [-0.39, 0.29) is 17.7 Å². The van der Waals surface area contributed by atoms with Gasteiger partial charge in [-0.25, -0.2) is 0 Å². The van der Waals surface area contributed by atoms with E-state index in [0.29, 0.717) is 22.6 Å². The van der Waals surface area contributed by atoms with E-state index in [1.54, 1.807) is 24.3 Å². The molecular weight excluding hydrogens is 272 g/mol. The zero-order chi connectivity index (χ0) is 14.1. The van der Waals surface area contributed by atoms with Crippen molar-refractivity contribution in [1.82, 2.24) is 0 Å². The molecule has 0 amide bonds. The molecule has 1 aliphatic rings. The molecule has 3 rings (SSSR count). The third kappa shape index (κ3) is 2.06. The first-order valence-electron chi connectivity index (χ1n) is 6.60. The Morgan fingerprint density at radius 1 is 1.25 bits per heavy atom. The highest BCUT2D eigenvalue weighted by Crippen LogP contribution is 2.34. The van der Waals surface area contributed by atoms with Crippen LogP contribution in [-0.2, 0) is 0 Å². The van der Waals surface area contributed by atoms with Crippen molar-refractivity contribution in [3.8, 4) is 5.75 Å². The van der Waals surface area contributed by atoms with Gasteiger partial charge in [-0.05, 0) is 30.0 Å². The average Bonchev–Trinajstić information content (AvgIpc) is 3.00. The Balaban J connectivity index is 2.02. The molecule has 2 atom stereocenters. The molecule has 0 aliphatic carbocycles. The third-order valence-corrected chi connectivity index (χ3v) is 4.42. The Morgan fingerprint density at radius 2 is 2.05 bits per heavy atom. The van der Waals surface area contributed by atoms with Crippen molar-refractivity contribution < 1.29 is 14.3 Å². The maximum absolute atomic E-state index is 12.6. The highest BCUT2D eigenvalue weighted by Gasteiger charge is 2.41. The second kappa shape index (κ2) is 5.21. The normalized spacial score (nSPS) is 21.1. The molecule has 1 aromatic heterocycles. The van der Waals surface area contributed by atoms with Crippen molar-refractivity contribution in [2.75, 3.05) is 0 Å². The molecule has 0 saturated heterocycles. The number of carbonyl (C=O) groups excluding carboxylic acids is 2. The number of thiophene rings is 1. The van der Waals surface area contributed by atoms with Crippen LogP contribution in [0.4, 0.5) is 0 Å².